The highest BCUT2D eigenvalue weighted by Gasteiger charge is 2.24. The summed E-state index contributed by atoms with van der Waals surface area (Å²) in [5, 5.41) is 0. The van der Waals surface area contributed by atoms with E-state index in [-0.39, 0.29) is 11.8 Å². The monoisotopic (exact) mass is 338 g/mol. The third-order valence-electron chi connectivity index (χ3n) is 3.57. The third kappa shape index (κ3) is 4.69. The minimum Gasteiger partial charge on any atom is -0.427 e. The standard InChI is InChI=1S/C16H19ClN2O4/c1-12(20)23-14-4-2-3-13(11-14)16(22)19-9-7-18(8-10-19)15(21)5-6-17/h2-4,11H,5-10H2,1H3. The van der Waals surface area contributed by atoms with Crippen LogP contribution in [0, 0.1) is 0 Å². The van der Waals surface area contributed by atoms with Crippen LogP contribution in [-0.4, -0.2) is 59.6 Å². The van der Waals surface area contributed by atoms with Crippen molar-refractivity contribution < 1.29 is 19.1 Å². The largest absolute Gasteiger partial charge is 0.427 e. The lowest BCUT2D eigenvalue weighted by Gasteiger charge is -2.34. The van der Waals surface area contributed by atoms with Gasteiger partial charge in [-0.1, -0.05) is 6.07 Å². The molecule has 1 saturated heterocycles. The fraction of sp³-hybridized carbons (Fsp3) is 0.438. The first kappa shape index (κ1) is 17.3. The summed E-state index contributed by atoms with van der Waals surface area (Å²) in [5.41, 5.74) is 0.462. The highest BCUT2D eigenvalue weighted by molar-refractivity contribution is 6.18. The van der Waals surface area contributed by atoms with Crippen LogP contribution in [-0.2, 0) is 9.59 Å². The fourth-order valence-electron chi connectivity index (χ4n) is 2.44. The van der Waals surface area contributed by atoms with E-state index >= 15 is 0 Å². The van der Waals surface area contributed by atoms with Crippen molar-refractivity contribution in [1.82, 2.24) is 9.80 Å². The molecule has 0 spiro atoms. The quantitative estimate of drug-likeness (QED) is 0.474. The van der Waals surface area contributed by atoms with Gasteiger partial charge in [0.1, 0.15) is 5.75 Å². The van der Waals surface area contributed by atoms with Gasteiger partial charge in [0.05, 0.1) is 0 Å². The highest BCUT2D eigenvalue weighted by atomic mass is 35.5. The first-order valence-electron chi connectivity index (χ1n) is 7.42. The van der Waals surface area contributed by atoms with Crippen LogP contribution < -0.4 is 4.74 Å². The molecule has 1 aliphatic rings. The number of rotatable bonds is 4. The maximum Gasteiger partial charge on any atom is 0.308 e. The lowest BCUT2D eigenvalue weighted by Crippen LogP contribution is -2.50. The van der Waals surface area contributed by atoms with E-state index in [9.17, 15) is 14.4 Å². The van der Waals surface area contributed by atoms with Crippen LogP contribution in [0.1, 0.15) is 23.7 Å². The molecule has 0 aromatic heterocycles. The Morgan fingerprint density at radius 3 is 2.39 bits per heavy atom. The number of amides is 2. The van der Waals surface area contributed by atoms with Gasteiger partial charge in [0.15, 0.2) is 0 Å². The summed E-state index contributed by atoms with van der Waals surface area (Å²) in [4.78, 5) is 38.7. The highest BCUT2D eigenvalue weighted by Crippen LogP contribution is 2.16. The van der Waals surface area contributed by atoms with E-state index in [4.69, 9.17) is 16.3 Å². The summed E-state index contributed by atoms with van der Waals surface area (Å²) in [6.07, 6.45) is 0.319. The van der Waals surface area contributed by atoms with Crippen LogP contribution in [0.15, 0.2) is 24.3 Å². The second-order valence-corrected chi connectivity index (χ2v) is 5.61. The molecule has 0 radical (unpaired) electrons. The predicted octanol–water partition coefficient (Wildman–Crippen LogP) is 1.53. The van der Waals surface area contributed by atoms with Crippen molar-refractivity contribution in [2.24, 2.45) is 0 Å². The minimum absolute atomic E-state index is 0.0176. The molecular formula is C16H19ClN2O4. The van der Waals surface area contributed by atoms with Crippen LogP contribution in [0.3, 0.4) is 0 Å². The van der Waals surface area contributed by atoms with Crippen LogP contribution in [0.2, 0.25) is 0 Å². The number of nitrogens with zero attached hydrogens (tertiary/aromatic N) is 2. The molecule has 0 aliphatic carbocycles. The third-order valence-corrected chi connectivity index (χ3v) is 3.76. The molecule has 2 amide bonds. The van der Waals surface area contributed by atoms with Gasteiger partial charge in [0.2, 0.25) is 5.91 Å². The Morgan fingerprint density at radius 2 is 1.78 bits per heavy atom. The van der Waals surface area contributed by atoms with Crippen molar-refractivity contribution in [2.45, 2.75) is 13.3 Å². The normalized spacial score (nSPS) is 14.5. The van der Waals surface area contributed by atoms with E-state index in [1.54, 1.807) is 34.1 Å². The summed E-state index contributed by atoms with van der Waals surface area (Å²) in [6, 6.07) is 6.53. The molecular weight excluding hydrogens is 320 g/mol. The van der Waals surface area contributed by atoms with Crippen molar-refractivity contribution in [3.05, 3.63) is 29.8 Å². The minimum atomic E-state index is -0.430. The van der Waals surface area contributed by atoms with Gasteiger partial charge in [-0.15, -0.1) is 11.6 Å². The van der Waals surface area contributed by atoms with Crippen LogP contribution in [0.25, 0.3) is 0 Å². The molecule has 0 saturated carbocycles. The van der Waals surface area contributed by atoms with Gasteiger partial charge >= 0.3 is 5.97 Å². The van der Waals surface area contributed by atoms with Gasteiger partial charge in [-0.2, -0.15) is 0 Å². The number of halogens is 1. The van der Waals surface area contributed by atoms with Crippen LogP contribution >= 0.6 is 11.6 Å². The number of ether oxygens (including phenoxy) is 1. The Morgan fingerprint density at radius 1 is 1.13 bits per heavy atom. The maximum absolute atomic E-state index is 12.5. The molecule has 1 aromatic carbocycles. The summed E-state index contributed by atoms with van der Waals surface area (Å²) in [5.74, 6) is 0.105. The first-order chi connectivity index (χ1) is 11.0. The van der Waals surface area contributed by atoms with Gasteiger partial charge < -0.3 is 14.5 Å². The number of hydrogen-bond acceptors (Lipinski definition) is 4. The van der Waals surface area contributed by atoms with Gasteiger partial charge in [-0.3, -0.25) is 14.4 Å². The number of carbonyl (C=O) groups is 3. The fourth-order valence-corrected chi connectivity index (χ4v) is 2.60. The topological polar surface area (TPSA) is 66.9 Å². The van der Waals surface area contributed by atoms with Crippen LogP contribution in [0.4, 0.5) is 0 Å². The van der Waals surface area contributed by atoms with Crippen molar-refractivity contribution in [3.63, 3.8) is 0 Å². The smallest absolute Gasteiger partial charge is 0.308 e. The van der Waals surface area contributed by atoms with Crippen molar-refractivity contribution in [3.8, 4) is 5.75 Å². The second-order valence-electron chi connectivity index (χ2n) is 5.23. The average Bonchev–Trinajstić information content (AvgIpc) is 2.54. The van der Waals surface area contributed by atoms with E-state index in [1.807, 2.05) is 0 Å². The lowest BCUT2D eigenvalue weighted by molar-refractivity contribution is -0.132. The molecule has 23 heavy (non-hydrogen) atoms. The Hall–Kier alpha value is -2.08. The van der Waals surface area contributed by atoms with E-state index in [0.717, 1.165) is 0 Å². The SMILES string of the molecule is CC(=O)Oc1cccc(C(=O)N2CCN(C(=O)CCCl)CC2)c1. The average molecular weight is 339 g/mol. The molecule has 1 aliphatic heterocycles. The second kappa shape index (κ2) is 7.97. The Bertz CT molecular complexity index is 597. The van der Waals surface area contributed by atoms with Gasteiger partial charge in [0.25, 0.3) is 5.91 Å². The lowest BCUT2D eigenvalue weighted by atomic mass is 10.1. The number of benzene rings is 1. The molecule has 1 heterocycles. The zero-order valence-electron chi connectivity index (χ0n) is 13.0. The number of carbonyl (C=O) groups excluding carboxylic acids is 3. The molecule has 0 atom stereocenters. The maximum atomic E-state index is 12.5. The molecule has 6 nitrogen and oxygen atoms in total. The molecule has 1 aromatic rings. The zero-order chi connectivity index (χ0) is 16.8. The number of piperazine rings is 1. The number of hydrogen-bond donors (Lipinski definition) is 0. The molecule has 7 heteroatoms. The van der Waals surface area contributed by atoms with E-state index in [1.165, 1.54) is 6.92 Å². The van der Waals surface area contributed by atoms with E-state index < -0.39 is 5.97 Å². The summed E-state index contributed by atoms with van der Waals surface area (Å²) in [7, 11) is 0. The Balaban J connectivity index is 1.97. The van der Waals surface area contributed by atoms with Gasteiger partial charge in [-0.05, 0) is 18.2 Å². The molecule has 2 rings (SSSR count). The Kier molecular flexibility index (Phi) is 5.98. The summed E-state index contributed by atoms with van der Waals surface area (Å²) < 4.78 is 4.99. The molecule has 0 unspecified atom stereocenters. The van der Waals surface area contributed by atoms with Crippen molar-refractivity contribution in [2.75, 3.05) is 32.1 Å². The number of esters is 1. The molecule has 124 valence electrons. The van der Waals surface area contributed by atoms with E-state index in [2.05, 4.69) is 0 Å². The predicted molar refractivity (Wildman–Crippen MR) is 85.6 cm³/mol. The molecule has 0 N–H and O–H groups in total. The Labute approximate surface area is 139 Å². The van der Waals surface area contributed by atoms with Crippen molar-refractivity contribution in [1.29, 1.82) is 0 Å². The van der Waals surface area contributed by atoms with Gasteiger partial charge in [0, 0.05) is 51.0 Å². The van der Waals surface area contributed by atoms with Crippen molar-refractivity contribution >= 4 is 29.4 Å². The zero-order valence-corrected chi connectivity index (χ0v) is 13.7. The summed E-state index contributed by atoms with van der Waals surface area (Å²) >= 11 is 5.58. The number of alkyl halides is 1. The summed E-state index contributed by atoms with van der Waals surface area (Å²) in [6.45, 7) is 3.27. The van der Waals surface area contributed by atoms with Crippen LogP contribution in [0.5, 0.6) is 5.75 Å². The molecule has 1 fully saturated rings. The van der Waals surface area contributed by atoms with E-state index in [0.29, 0.717) is 49.8 Å². The van der Waals surface area contributed by atoms with Gasteiger partial charge in [-0.25, -0.2) is 0 Å². The molecule has 0 bridgehead atoms. The first-order valence-corrected chi connectivity index (χ1v) is 7.96.